The van der Waals surface area contributed by atoms with Gasteiger partial charge in [-0.05, 0) is 18.6 Å². The Morgan fingerprint density at radius 3 is 1.48 bits per heavy atom. The highest BCUT2D eigenvalue weighted by atomic mass is 19.4. The second kappa shape index (κ2) is 17.2. The summed E-state index contributed by atoms with van der Waals surface area (Å²) in [5, 5.41) is 11.4. The van der Waals surface area contributed by atoms with Gasteiger partial charge in [-0.2, -0.15) is 74.6 Å². The number of nitro benzene ring substituents is 1. The molecule has 0 aliphatic rings. The number of hydrogen-bond acceptors (Lipinski definition) is 5. The van der Waals surface area contributed by atoms with Crippen LogP contribution >= 0.6 is 0 Å². The number of nitro groups is 1. The van der Waals surface area contributed by atoms with Gasteiger partial charge < -0.3 is 9.47 Å². The van der Waals surface area contributed by atoms with Crippen molar-refractivity contribution < 1.29 is 93.8 Å². The van der Waals surface area contributed by atoms with Crippen LogP contribution in [-0.4, -0.2) is 71.7 Å². The van der Waals surface area contributed by atoms with Crippen molar-refractivity contribution in [1.29, 1.82) is 0 Å². The molecule has 0 N–H and O–H groups in total. The van der Waals surface area contributed by atoms with E-state index < -0.39 is 88.6 Å². The van der Waals surface area contributed by atoms with Crippen molar-refractivity contribution >= 4 is 11.7 Å². The van der Waals surface area contributed by atoms with Crippen LogP contribution in [0.2, 0.25) is 0 Å². The van der Waals surface area contributed by atoms with Crippen LogP contribution in [0.15, 0.2) is 18.2 Å². The first-order valence-electron chi connectivity index (χ1n) is 15.3. The van der Waals surface area contributed by atoms with E-state index in [4.69, 9.17) is 4.74 Å². The zero-order valence-electron chi connectivity index (χ0n) is 26.8. The molecule has 0 aliphatic heterocycles. The molecule has 0 bridgehead atoms. The lowest BCUT2D eigenvalue weighted by molar-refractivity contribution is -0.461. The number of carbonyl (C=O) groups excluding carboxylic acids is 1. The molecule has 0 spiro atoms. The number of rotatable bonds is 23. The van der Waals surface area contributed by atoms with Gasteiger partial charge in [0.05, 0.1) is 30.1 Å². The lowest BCUT2D eigenvalue weighted by atomic mass is 9.88. The van der Waals surface area contributed by atoms with Crippen LogP contribution in [0.3, 0.4) is 0 Å². The minimum absolute atomic E-state index is 0.122. The molecule has 0 unspecified atom stereocenters. The van der Waals surface area contributed by atoms with E-state index in [1.165, 1.54) is 0 Å². The zero-order valence-corrected chi connectivity index (χ0v) is 26.8. The molecule has 0 amide bonds. The van der Waals surface area contributed by atoms with Crippen LogP contribution in [0.1, 0.15) is 87.9 Å². The Bertz CT molecular complexity index is 1340. The molecule has 0 aromatic heterocycles. The summed E-state index contributed by atoms with van der Waals surface area (Å²) in [6.45, 7) is -0.123. The molecule has 23 heteroatoms. The molecule has 52 heavy (non-hydrogen) atoms. The quantitative estimate of drug-likeness (QED) is 0.0362. The van der Waals surface area contributed by atoms with Gasteiger partial charge in [-0.3, -0.25) is 10.1 Å². The highest BCUT2D eigenvalue weighted by molar-refractivity contribution is 5.90. The van der Waals surface area contributed by atoms with Gasteiger partial charge in [-0.25, -0.2) is 4.79 Å². The van der Waals surface area contributed by atoms with Gasteiger partial charge in [0.15, 0.2) is 5.75 Å². The Labute approximate surface area is 284 Å². The summed E-state index contributed by atoms with van der Waals surface area (Å²) in [5.74, 6) is -59.7. The predicted octanol–water partition coefficient (Wildman–Crippen LogP) is 11.5. The standard InChI is InChI=1S/C29H32F17NO5/c1-2-3-4-5-6-7-8-9-10-11-15-52-21(48)18-12-13-20(19(17-18)47(49)50)51-16-14-22(30,31)23(32,33)24(34,35)25(36,37)26(38,39)27(40,41)28(42,43)29(44,45)46/h12-13,17H,2-11,14-16H2,1H3. The minimum atomic E-state index is -8.75. The van der Waals surface area contributed by atoms with Gasteiger partial charge >= 0.3 is 59.3 Å². The maximum Gasteiger partial charge on any atom is 0.460 e. The van der Waals surface area contributed by atoms with Gasteiger partial charge in [0.25, 0.3) is 0 Å². The minimum Gasteiger partial charge on any atom is -0.487 e. The molecule has 1 aromatic rings. The highest BCUT2D eigenvalue weighted by Crippen LogP contribution is 2.64. The number of ether oxygens (including phenoxy) is 2. The van der Waals surface area contributed by atoms with Crippen LogP contribution in [0, 0.1) is 10.1 Å². The van der Waals surface area contributed by atoms with Crippen molar-refractivity contribution in [2.75, 3.05) is 13.2 Å². The van der Waals surface area contributed by atoms with Gasteiger partial charge in [-0.15, -0.1) is 0 Å². The molecule has 0 radical (unpaired) electrons. The first kappa shape index (κ1) is 46.7. The molecule has 0 saturated carbocycles. The zero-order chi connectivity index (χ0) is 40.6. The fraction of sp³-hybridized carbons (Fsp3) is 0.759. The number of alkyl halides is 17. The third-order valence-corrected chi connectivity index (χ3v) is 7.58. The highest BCUT2D eigenvalue weighted by Gasteiger charge is 2.95. The number of hydrogen-bond donors (Lipinski definition) is 0. The number of nitrogens with zero attached hydrogens (tertiary/aromatic N) is 1. The van der Waals surface area contributed by atoms with E-state index in [2.05, 4.69) is 11.7 Å². The van der Waals surface area contributed by atoms with Crippen molar-refractivity contribution in [3.63, 3.8) is 0 Å². The molecule has 0 atom stereocenters. The molecule has 0 fully saturated rings. The molecular weight excluding hydrogens is 765 g/mol. The average molecular weight is 798 g/mol. The molecule has 6 nitrogen and oxygen atoms in total. The third-order valence-electron chi connectivity index (χ3n) is 7.58. The Hall–Kier alpha value is -3.30. The summed E-state index contributed by atoms with van der Waals surface area (Å²) in [7, 11) is 0. The second-order valence-electron chi connectivity index (χ2n) is 11.5. The Balaban J connectivity index is 2.99. The van der Waals surface area contributed by atoms with E-state index in [0.717, 1.165) is 57.4 Å². The number of carbonyl (C=O) groups is 1. The summed E-state index contributed by atoms with van der Waals surface area (Å²) in [6, 6.07) is 1.66. The molecule has 0 aliphatic carbocycles. The van der Waals surface area contributed by atoms with Crippen LogP contribution in [0.5, 0.6) is 5.75 Å². The molecule has 0 saturated heterocycles. The Kier molecular flexibility index (Phi) is 15.5. The van der Waals surface area contributed by atoms with E-state index in [0.29, 0.717) is 25.0 Å². The number of halogens is 17. The Morgan fingerprint density at radius 1 is 0.615 bits per heavy atom. The topological polar surface area (TPSA) is 78.7 Å². The summed E-state index contributed by atoms with van der Waals surface area (Å²) in [5.41, 5.74) is -1.79. The van der Waals surface area contributed by atoms with Gasteiger partial charge in [0, 0.05) is 6.07 Å². The van der Waals surface area contributed by atoms with Gasteiger partial charge in [-0.1, -0.05) is 64.7 Å². The van der Waals surface area contributed by atoms with Gasteiger partial charge in [0.2, 0.25) is 0 Å². The summed E-state index contributed by atoms with van der Waals surface area (Å²) < 4.78 is 238. The molecule has 302 valence electrons. The maximum absolute atomic E-state index is 14.2. The molecular formula is C29H32F17NO5. The average Bonchev–Trinajstić information content (AvgIpc) is 3.02. The van der Waals surface area contributed by atoms with E-state index in [1.807, 2.05) is 0 Å². The smallest absolute Gasteiger partial charge is 0.460 e. The van der Waals surface area contributed by atoms with E-state index >= 15 is 0 Å². The molecule has 1 rings (SSSR count). The number of benzene rings is 1. The summed E-state index contributed by atoms with van der Waals surface area (Å²) in [4.78, 5) is 22.3. The Morgan fingerprint density at radius 2 is 1.04 bits per heavy atom. The lowest BCUT2D eigenvalue weighted by Crippen LogP contribution is -2.74. The largest absolute Gasteiger partial charge is 0.487 e. The van der Waals surface area contributed by atoms with Gasteiger partial charge in [0.1, 0.15) is 0 Å². The van der Waals surface area contributed by atoms with Crippen LogP contribution < -0.4 is 4.74 Å². The first-order chi connectivity index (χ1) is 23.5. The second-order valence-corrected chi connectivity index (χ2v) is 11.5. The van der Waals surface area contributed by atoms with E-state index in [-0.39, 0.29) is 6.61 Å². The van der Waals surface area contributed by atoms with Crippen molar-refractivity contribution in [2.45, 2.75) is 125 Å². The SMILES string of the molecule is CCCCCCCCCCCCOC(=O)c1ccc(OCCC(F)(F)C(F)(F)C(F)(F)C(F)(F)C(F)(F)C(F)(F)C(F)(F)C(F)(F)F)c([N+](=O)[O-])c1. The van der Waals surface area contributed by atoms with Crippen molar-refractivity contribution in [2.24, 2.45) is 0 Å². The fourth-order valence-electron chi connectivity index (χ4n) is 4.39. The summed E-state index contributed by atoms with van der Waals surface area (Å²) >= 11 is 0. The molecule has 0 heterocycles. The van der Waals surface area contributed by atoms with E-state index in [9.17, 15) is 89.5 Å². The van der Waals surface area contributed by atoms with Crippen LogP contribution in [-0.2, 0) is 4.74 Å². The number of esters is 1. The molecule has 1 aromatic carbocycles. The van der Waals surface area contributed by atoms with Crippen molar-refractivity contribution in [3.05, 3.63) is 33.9 Å². The van der Waals surface area contributed by atoms with Crippen LogP contribution in [0.25, 0.3) is 0 Å². The van der Waals surface area contributed by atoms with Crippen molar-refractivity contribution in [1.82, 2.24) is 0 Å². The third kappa shape index (κ3) is 9.62. The maximum atomic E-state index is 14.2. The lowest BCUT2D eigenvalue weighted by Gasteiger charge is -2.42. The predicted molar refractivity (Wildman–Crippen MR) is 146 cm³/mol. The van der Waals surface area contributed by atoms with Crippen molar-refractivity contribution in [3.8, 4) is 5.75 Å². The number of unbranched alkanes of at least 4 members (excludes halogenated alkanes) is 9. The summed E-state index contributed by atoms with van der Waals surface area (Å²) in [6.07, 6.45) is -1.33. The van der Waals surface area contributed by atoms with Crippen LogP contribution in [0.4, 0.5) is 80.3 Å². The normalized spacial score (nSPS) is 14.0. The fourth-order valence-corrected chi connectivity index (χ4v) is 4.39. The monoisotopic (exact) mass is 797 g/mol. The van der Waals surface area contributed by atoms with E-state index in [1.54, 1.807) is 0 Å². The first-order valence-corrected chi connectivity index (χ1v) is 15.3.